The Kier molecular flexibility index (Phi) is 4.30. The maximum absolute atomic E-state index is 12.0. The SMILES string of the molecule is CCn1nc(C)c(-c2ccc(-n3nnc(C(=O)OC)c3C3CC3)cc2)c1C. The molecule has 27 heavy (non-hydrogen) atoms. The standard InChI is InChI=1S/C20H23N5O2/c1-5-24-13(3)17(12(2)22-24)14-8-10-16(11-9-14)25-19(15-6-7-15)18(21-23-25)20(26)27-4/h8-11,15H,5-7H2,1-4H3. The van der Waals surface area contributed by atoms with E-state index in [4.69, 9.17) is 4.74 Å². The van der Waals surface area contributed by atoms with Gasteiger partial charge in [-0.25, -0.2) is 9.48 Å². The van der Waals surface area contributed by atoms with Crippen molar-refractivity contribution >= 4 is 5.97 Å². The van der Waals surface area contributed by atoms with Crippen LogP contribution in [0, 0.1) is 13.8 Å². The minimum Gasteiger partial charge on any atom is -0.464 e. The van der Waals surface area contributed by atoms with Crippen LogP contribution in [0.3, 0.4) is 0 Å². The highest BCUT2D eigenvalue weighted by atomic mass is 16.5. The van der Waals surface area contributed by atoms with E-state index < -0.39 is 5.97 Å². The molecular formula is C20H23N5O2. The molecule has 1 aliphatic rings. The molecule has 1 fully saturated rings. The Morgan fingerprint density at radius 2 is 1.93 bits per heavy atom. The molecule has 3 aromatic rings. The van der Waals surface area contributed by atoms with E-state index in [9.17, 15) is 4.79 Å². The van der Waals surface area contributed by atoms with Crippen LogP contribution in [0.15, 0.2) is 24.3 Å². The maximum atomic E-state index is 12.0. The van der Waals surface area contributed by atoms with Crippen molar-refractivity contribution in [3.8, 4) is 16.8 Å². The fourth-order valence-electron chi connectivity index (χ4n) is 3.64. The number of methoxy groups -OCH3 is 1. The second-order valence-corrected chi connectivity index (χ2v) is 6.91. The monoisotopic (exact) mass is 365 g/mol. The Bertz CT molecular complexity index is 996. The molecule has 0 saturated heterocycles. The van der Waals surface area contributed by atoms with E-state index in [-0.39, 0.29) is 0 Å². The lowest BCUT2D eigenvalue weighted by atomic mass is 10.0. The summed E-state index contributed by atoms with van der Waals surface area (Å²) in [6.07, 6.45) is 2.09. The first-order valence-electron chi connectivity index (χ1n) is 9.23. The molecule has 1 aromatic carbocycles. The highest BCUT2D eigenvalue weighted by Gasteiger charge is 2.34. The van der Waals surface area contributed by atoms with Gasteiger partial charge in [0.15, 0.2) is 5.69 Å². The third-order valence-corrected chi connectivity index (χ3v) is 5.13. The van der Waals surface area contributed by atoms with Gasteiger partial charge in [0, 0.05) is 23.7 Å². The molecule has 2 heterocycles. The molecule has 0 bridgehead atoms. The molecule has 1 saturated carbocycles. The van der Waals surface area contributed by atoms with Crippen LogP contribution < -0.4 is 0 Å². The predicted octanol–water partition coefficient (Wildman–Crippen LogP) is 3.43. The van der Waals surface area contributed by atoms with Gasteiger partial charge in [-0.3, -0.25) is 4.68 Å². The van der Waals surface area contributed by atoms with E-state index in [0.29, 0.717) is 11.6 Å². The number of benzene rings is 1. The van der Waals surface area contributed by atoms with Gasteiger partial charge in [0.25, 0.3) is 0 Å². The second kappa shape index (κ2) is 6.64. The summed E-state index contributed by atoms with van der Waals surface area (Å²) < 4.78 is 8.64. The Labute approximate surface area is 158 Å². The van der Waals surface area contributed by atoms with Crippen LogP contribution in [0.5, 0.6) is 0 Å². The van der Waals surface area contributed by atoms with Crippen LogP contribution in [-0.2, 0) is 11.3 Å². The first kappa shape index (κ1) is 17.5. The number of carbonyl (C=O) groups is 1. The lowest BCUT2D eigenvalue weighted by molar-refractivity contribution is 0.0592. The number of hydrogen-bond acceptors (Lipinski definition) is 5. The van der Waals surface area contributed by atoms with E-state index in [2.05, 4.69) is 41.4 Å². The number of aromatic nitrogens is 5. The van der Waals surface area contributed by atoms with Crippen molar-refractivity contribution in [1.82, 2.24) is 24.8 Å². The first-order chi connectivity index (χ1) is 13.0. The fourth-order valence-corrected chi connectivity index (χ4v) is 3.64. The number of nitrogens with zero attached hydrogens (tertiary/aromatic N) is 5. The van der Waals surface area contributed by atoms with Gasteiger partial charge in [0.2, 0.25) is 0 Å². The maximum Gasteiger partial charge on any atom is 0.360 e. The molecule has 0 N–H and O–H groups in total. The number of carbonyl (C=O) groups excluding carboxylic acids is 1. The van der Waals surface area contributed by atoms with E-state index in [0.717, 1.165) is 47.7 Å². The average molecular weight is 365 g/mol. The van der Waals surface area contributed by atoms with Crippen molar-refractivity contribution in [2.75, 3.05) is 7.11 Å². The highest BCUT2D eigenvalue weighted by Crippen LogP contribution is 2.42. The zero-order valence-electron chi connectivity index (χ0n) is 16.1. The molecule has 140 valence electrons. The number of rotatable bonds is 5. The minimum absolute atomic E-state index is 0.319. The van der Waals surface area contributed by atoms with Crippen molar-refractivity contribution in [2.45, 2.75) is 46.1 Å². The summed E-state index contributed by atoms with van der Waals surface area (Å²) in [6, 6.07) is 8.17. The molecule has 0 unspecified atom stereocenters. The minimum atomic E-state index is -0.432. The summed E-state index contributed by atoms with van der Waals surface area (Å²) in [7, 11) is 1.37. The number of esters is 1. The number of hydrogen-bond donors (Lipinski definition) is 0. The van der Waals surface area contributed by atoms with E-state index in [1.165, 1.54) is 12.7 Å². The Morgan fingerprint density at radius 1 is 1.22 bits per heavy atom. The van der Waals surface area contributed by atoms with Crippen molar-refractivity contribution < 1.29 is 9.53 Å². The molecule has 2 aromatic heterocycles. The molecule has 0 radical (unpaired) electrons. The smallest absolute Gasteiger partial charge is 0.360 e. The van der Waals surface area contributed by atoms with Crippen LogP contribution in [0.4, 0.5) is 0 Å². The van der Waals surface area contributed by atoms with Crippen molar-refractivity contribution in [1.29, 1.82) is 0 Å². The summed E-state index contributed by atoms with van der Waals surface area (Å²) in [4.78, 5) is 12.0. The Balaban J connectivity index is 1.73. The zero-order valence-corrected chi connectivity index (χ0v) is 16.1. The van der Waals surface area contributed by atoms with Crippen molar-refractivity contribution in [3.63, 3.8) is 0 Å². The van der Waals surface area contributed by atoms with Crippen LogP contribution in [-0.4, -0.2) is 37.9 Å². The lowest BCUT2D eigenvalue weighted by Gasteiger charge is -2.08. The molecule has 0 amide bonds. The second-order valence-electron chi connectivity index (χ2n) is 6.91. The van der Waals surface area contributed by atoms with Gasteiger partial charge < -0.3 is 4.74 Å². The third kappa shape index (κ3) is 2.93. The third-order valence-electron chi connectivity index (χ3n) is 5.13. The van der Waals surface area contributed by atoms with Crippen molar-refractivity contribution in [3.05, 3.63) is 47.0 Å². The molecule has 0 atom stereocenters. The normalized spacial score (nSPS) is 13.8. The zero-order chi connectivity index (χ0) is 19.1. The van der Waals surface area contributed by atoms with Gasteiger partial charge in [-0.2, -0.15) is 5.10 Å². The topological polar surface area (TPSA) is 74.8 Å². The summed E-state index contributed by atoms with van der Waals surface area (Å²) in [5, 5.41) is 12.9. The lowest BCUT2D eigenvalue weighted by Crippen LogP contribution is -2.07. The molecule has 1 aliphatic carbocycles. The first-order valence-corrected chi connectivity index (χ1v) is 9.23. The van der Waals surface area contributed by atoms with Gasteiger partial charge in [-0.15, -0.1) is 5.10 Å². The van der Waals surface area contributed by atoms with E-state index in [1.807, 2.05) is 23.7 Å². The number of aryl methyl sites for hydroxylation is 2. The molecule has 7 nitrogen and oxygen atoms in total. The molecule has 7 heteroatoms. The predicted molar refractivity (Wildman–Crippen MR) is 101 cm³/mol. The van der Waals surface area contributed by atoms with Gasteiger partial charge in [-0.05, 0) is 51.3 Å². The van der Waals surface area contributed by atoms with Gasteiger partial charge in [-0.1, -0.05) is 17.3 Å². The summed E-state index contributed by atoms with van der Waals surface area (Å²) in [6.45, 7) is 7.08. The van der Waals surface area contributed by atoms with E-state index >= 15 is 0 Å². The van der Waals surface area contributed by atoms with Gasteiger partial charge in [0.1, 0.15) is 0 Å². The largest absolute Gasteiger partial charge is 0.464 e. The summed E-state index contributed by atoms with van der Waals surface area (Å²) in [5.41, 5.74) is 6.53. The molecular weight excluding hydrogens is 342 g/mol. The van der Waals surface area contributed by atoms with Gasteiger partial charge in [0.05, 0.1) is 24.2 Å². The summed E-state index contributed by atoms with van der Waals surface area (Å²) >= 11 is 0. The van der Waals surface area contributed by atoms with Crippen molar-refractivity contribution in [2.24, 2.45) is 0 Å². The molecule has 4 rings (SSSR count). The Hall–Kier alpha value is -2.96. The van der Waals surface area contributed by atoms with Crippen LogP contribution in [0.1, 0.15) is 53.3 Å². The number of ether oxygens (including phenoxy) is 1. The Morgan fingerprint density at radius 3 is 2.48 bits per heavy atom. The van der Waals surface area contributed by atoms with Gasteiger partial charge >= 0.3 is 5.97 Å². The van der Waals surface area contributed by atoms with E-state index in [1.54, 1.807) is 4.68 Å². The van der Waals surface area contributed by atoms with Crippen LogP contribution >= 0.6 is 0 Å². The van der Waals surface area contributed by atoms with Crippen LogP contribution in [0.25, 0.3) is 16.8 Å². The fraction of sp³-hybridized carbons (Fsp3) is 0.400. The average Bonchev–Trinajstić information content (AvgIpc) is 3.36. The molecule has 0 aliphatic heterocycles. The highest BCUT2D eigenvalue weighted by molar-refractivity contribution is 5.88. The van der Waals surface area contributed by atoms with Crippen LogP contribution in [0.2, 0.25) is 0 Å². The summed E-state index contributed by atoms with van der Waals surface area (Å²) in [5.74, 6) is -0.112. The quantitative estimate of drug-likeness (QED) is 0.648. The molecule has 0 spiro atoms.